The second-order valence-corrected chi connectivity index (χ2v) is 5.96. The number of aliphatic hydroxyl groups is 1. The molecule has 0 spiro atoms. The minimum absolute atomic E-state index is 0.0986. The van der Waals surface area contributed by atoms with Crippen molar-refractivity contribution in [1.82, 2.24) is 9.97 Å². The minimum Gasteiger partial charge on any atom is -0.509 e. The van der Waals surface area contributed by atoms with Gasteiger partial charge in [-0.05, 0) is 36.8 Å². The largest absolute Gasteiger partial charge is 0.509 e. The van der Waals surface area contributed by atoms with Crippen LogP contribution in [0, 0.1) is 24.0 Å². The van der Waals surface area contributed by atoms with Gasteiger partial charge in [0.15, 0.2) is 0 Å². The Hall–Kier alpha value is -3.22. The lowest BCUT2D eigenvalue weighted by atomic mass is 10.2. The number of hydrogen-bond donors (Lipinski definition) is 3. The van der Waals surface area contributed by atoms with Gasteiger partial charge in [0, 0.05) is 6.07 Å². The molecule has 0 bridgehead atoms. The van der Waals surface area contributed by atoms with E-state index in [1.54, 1.807) is 0 Å². The van der Waals surface area contributed by atoms with E-state index in [0.717, 1.165) is 29.3 Å². The van der Waals surface area contributed by atoms with Crippen LogP contribution in [0.1, 0.15) is 11.4 Å². The molecule has 0 saturated heterocycles. The van der Waals surface area contributed by atoms with Gasteiger partial charge in [0.2, 0.25) is 0 Å². The molecule has 0 amide bonds. The van der Waals surface area contributed by atoms with E-state index in [2.05, 4.69) is 9.97 Å². The van der Waals surface area contributed by atoms with Crippen molar-refractivity contribution in [2.45, 2.75) is 6.92 Å². The zero-order valence-corrected chi connectivity index (χ0v) is 13.3. The smallest absolute Gasteiger partial charge is 0.147 e. The van der Waals surface area contributed by atoms with Crippen LogP contribution in [0.25, 0.3) is 16.6 Å². The van der Waals surface area contributed by atoms with Crippen LogP contribution in [0.3, 0.4) is 0 Å². The van der Waals surface area contributed by atoms with E-state index in [0.29, 0.717) is 11.3 Å². The number of hydrogen-bond acceptors (Lipinski definition) is 3. The van der Waals surface area contributed by atoms with Crippen LogP contribution in [-0.2, 0) is 0 Å². The van der Waals surface area contributed by atoms with Gasteiger partial charge < -0.3 is 15.0 Å². The first-order valence-corrected chi connectivity index (χ1v) is 7.64. The molecule has 0 unspecified atom stereocenters. The highest BCUT2D eigenvalue weighted by Crippen LogP contribution is 2.32. The van der Waals surface area contributed by atoms with Crippen LogP contribution >= 0.6 is 0 Å². The average molecular weight is 340 g/mol. The van der Waals surface area contributed by atoms with E-state index >= 15 is 0 Å². The molecule has 126 valence electrons. The van der Waals surface area contributed by atoms with Gasteiger partial charge in [-0.25, -0.2) is 13.8 Å². The number of amidine groups is 1. The number of rotatable bonds is 2. The van der Waals surface area contributed by atoms with Crippen molar-refractivity contribution in [2.24, 2.45) is 0 Å². The highest BCUT2D eigenvalue weighted by atomic mass is 19.1. The molecule has 2 aromatic carbocycles. The molecule has 3 N–H and O–H groups in total. The summed E-state index contributed by atoms with van der Waals surface area (Å²) >= 11 is 0. The van der Waals surface area contributed by atoms with Crippen LogP contribution in [0.15, 0.2) is 42.2 Å². The van der Waals surface area contributed by atoms with Gasteiger partial charge in [-0.2, -0.15) is 0 Å². The number of nitrogens with one attached hydrogen (secondary N) is 2. The van der Waals surface area contributed by atoms with Gasteiger partial charge in [0.1, 0.15) is 29.1 Å². The first kappa shape index (κ1) is 15.3. The minimum atomic E-state index is -0.666. The molecular formula is C18H14F2N4O. The highest BCUT2D eigenvalue weighted by molar-refractivity contribution is 6.30. The average Bonchev–Trinajstić information content (AvgIpc) is 3.09. The fourth-order valence-corrected chi connectivity index (χ4v) is 2.97. The van der Waals surface area contributed by atoms with Gasteiger partial charge in [0.25, 0.3) is 0 Å². The Morgan fingerprint density at radius 3 is 2.80 bits per heavy atom. The number of fused-ring (bicyclic) bond motifs is 1. The summed E-state index contributed by atoms with van der Waals surface area (Å²) in [6.07, 6.45) is 0. The van der Waals surface area contributed by atoms with E-state index in [1.807, 2.05) is 25.1 Å². The fourth-order valence-electron chi connectivity index (χ4n) is 2.97. The molecule has 5 nitrogen and oxygen atoms in total. The predicted molar refractivity (Wildman–Crippen MR) is 91.8 cm³/mol. The summed E-state index contributed by atoms with van der Waals surface area (Å²) in [4.78, 5) is 8.68. The summed E-state index contributed by atoms with van der Waals surface area (Å²) in [7, 11) is 0. The third kappa shape index (κ3) is 2.44. The molecule has 0 saturated carbocycles. The van der Waals surface area contributed by atoms with Gasteiger partial charge in [0.05, 0.1) is 28.8 Å². The predicted octanol–water partition coefficient (Wildman–Crippen LogP) is 3.92. The van der Waals surface area contributed by atoms with Crippen molar-refractivity contribution in [3.05, 3.63) is 65.2 Å². The summed E-state index contributed by atoms with van der Waals surface area (Å²) in [5, 5.41) is 18.6. The number of H-pyrrole nitrogens is 1. The van der Waals surface area contributed by atoms with E-state index in [4.69, 9.17) is 5.41 Å². The number of aromatic amines is 1. The molecule has 25 heavy (non-hydrogen) atoms. The Labute approximate surface area is 141 Å². The van der Waals surface area contributed by atoms with Crippen molar-refractivity contribution >= 4 is 28.1 Å². The molecule has 4 rings (SSSR count). The normalized spacial score (nSPS) is 14.8. The molecule has 2 heterocycles. The van der Waals surface area contributed by atoms with E-state index in [9.17, 15) is 13.9 Å². The van der Waals surface area contributed by atoms with Gasteiger partial charge in [-0.15, -0.1) is 0 Å². The van der Waals surface area contributed by atoms with Gasteiger partial charge in [-0.1, -0.05) is 6.07 Å². The Balaban J connectivity index is 1.76. The zero-order chi connectivity index (χ0) is 17.7. The Kier molecular flexibility index (Phi) is 3.31. The number of aromatic nitrogens is 2. The summed E-state index contributed by atoms with van der Waals surface area (Å²) in [6.45, 7) is 1.83. The number of anilines is 1. The van der Waals surface area contributed by atoms with Crippen LogP contribution in [-0.4, -0.2) is 27.5 Å². The topological polar surface area (TPSA) is 76.0 Å². The monoisotopic (exact) mass is 340 g/mol. The summed E-state index contributed by atoms with van der Waals surface area (Å²) in [5.41, 5.74) is 2.60. The van der Waals surface area contributed by atoms with E-state index in [-0.39, 0.29) is 29.4 Å². The lowest BCUT2D eigenvalue weighted by molar-refractivity contribution is 0.411. The number of aliphatic hydroxyl groups excluding tert-OH is 1. The molecule has 0 fully saturated rings. The van der Waals surface area contributed by atoms with Crippen molar-refractivity contribution in [3.8, 4) is 0 Å². The van der Waals surface area contributed by atoms with Gasteiger partial charge >= 0.3 is 0 Å². The molecule has 1 aliphatic heterocycles. The van der Waals surface area contributed by atoms with Crippen molar-refractivity contribution in [3.63, 3.8) is 0 Å². The first-order chi connectivity index (χ1) is 11.9. The highest BCUT2D eigenvalue weighted by Gasteiger charge is 2.32. The van der Waals surface area contributed by atoms with Crippen molar-refractivity contribution in [1.29, 1.82) is 5.41 Å². The molecule has 0 aliphatic carbocycles. The fraction of sp³-hybridized carbons (Fsp3) is 0.111. The van der Waals surface area contributed by atoms with Crippen molar-refractivity contribution in [2.75, 3.05) is 11.4 Å². The molecule has 0 radical (unpaired) electrons. The molecule has 7 heteroatoms. The van der Waals surface area contributed by atoms with E-state index < -0.39 is 11.6 Å². The maximum absolute atomic E-state index is 14.0. The second kappa shape index (κ2) is 5.41. The SMILES string of the molecule is Cc1ccc2nc(C3=C(O)CN(c4cc(F)ccc4F)C3=N)[nH]c2c1. The molecule has 1 aromatic heterocycles. The lowest BCUT2D eigenvalue weighted by Gasteiger charge is -2.19. The number of imidazole rings is 1. The Morgan fingerprint density at radius 1 is 1.20 bits per heavy atom. The maximum Gasteiger partial charge on any atom is 0.147 e. The summed E-state index contributed by atoms with van der Waals surface area (Å²) in [5.74, 6) is -1.22. The molecule has 3 aromatic rings. The second-order valence-electron chi connectivity index (χ2n) is 5.96. The zero-order valence-electron chi connectivity index (χ0n) is 13.3. The van der Waals surface area contributed by atoms with E-state index in [1.165, 1.54) is 4.90 Å². The van der Waals surface area contributed by atoms with Crippen LogP contribution in [0.4, 0.5) is 14.5 Å². The first-order valence-electron chi connectivity index (χ1n) is 7.64. The number of nitrogens with zero attached hydrogens (tertiary/aromatic N) is 2. The number of aryl methyl sites for hydroxylation is 1. The summed E-state index contributed by atoms with van der Waals surface area (Å²) in [6, 6.07) is 8.67. The Morgan fingerprint density at radius 2 is 2.00 bits per heavy atom. The van der Waals surface area contributed by atoms with Crippen LogP contribution in [0.2, 0.25) is 0 Å². The molecule has 0 atom stereocenters. The van der Waals surface area contributed by atoms with Crippen LogP contribution < -0.4 is 4.90 Å². The standard InChI is InChI=1S/C18H14F2N4O/c1-9-2-5-12-13(6-9)23-18(22-12)16-15(25)8-24(17(16)21)14-7-10(19)3-4-11(14)20/h2-7,21,25H,8H2,1H3,(H,22,23). The molecular weight excluding hydrogens is 326 g/mol. The Bertz CT molecular complexity index is 1050. The third-order valence-corrected chi connectivity index (χ3v) is 4.18. The third-order valence-electron chi connectivity index (χ3n) is 4.18. The number of benzene rings is 2. The van der Waals surface area contributed by atoms with Gasteiger partial charge in [-0.3, -0.25) is 5.41 Å². The quantitative estimate of drug-likeness (QED) is 0.662. The maximum atomic E-state index is 14.0. The molecule has 1 aliphatic rings. The lowest BCUT2D eigenvalue weighted by Crippen LogP contribution is -2.27. The summed E-state index contributed by atoms with van der Waals surface area (Å²) < 4.78 is 27.5. The number of halogens is 2. The van der Waals surface area contributed by atoms with Crippen molar-refractivity contribution < 1.29 is 13.9 Å². The van der Waals surface area contributed by atoms with Crippen LogP contribution in [0.5, 0.6) is 0 Å².